The molecule has 2 atom stereocenters. The van der Waals surface area contributed by atoms with Gasteiger partial charge >= 0.3 is 0 Å². The maximum Gasteiger partial charge on any atom is 0.231 e. The molecule has 1 aromatic heterocycles. The number of aryl methyl sites for hydroxylation is 1. The number of aromatic nitrogens is 2. The Balaban J connectivity index is 1.74. The van der Waals surface area contributed by atoms with Gasteiger partial charge in [0.15, 0.2) is 0 Å². The average molecular weight is 472 g/mol. The van der Waals surface area contributed by atoms with Crippen LogP contribution in [0.5, 0.6) is 0 Å². The number of piperazine rings is 1. The topological polar surface area (TPSA) is 84.5 Å². The van der Waals surface area contributed by atoms with Gasteiger partial charge < -0.3 is 25.2 Å². The molecule has 1 unspecified atom stereocenters. The van der Waals surface area contributed by atoms with Gasteiger partial charge in [0.1, 0.15) is 10.5 Å². The highest BCUT2D eigenvalue weighted by molar-refractivity contribution is 7.71. The van der Waals surface area contributed by atoms with Crippen molar-refractivity contribution in [3.8, 4) is 0 Å². The van der Waals surface area contributed by atoms with Crippen LogP contribution >= 0.6 is 12.2 Å². The summed E-state index contributed by atoms with van der Waals surface area (Å²) in [6, 6.07) is 8.61. The van der Waals surface area contributed by atoms with E-state index in [1.807, 2.05) is 4.90 Å². The number of anilines is 1. The number of carbonyl (C=O) groups is 1. The van der Waals surface area contributed by atoms with Gasteiger partial charge in [0.25, 0.3) is 0 Å². The van der Waals surface area contributed by atoms with Crippen molar-refractivity contribution in [3.05, 3.63) is 51.9 Å². The van der Waals surface area contributed by atoms with Gasteiger partial charge in [-0.25, -0.2) is 4.98 Å². The minimum Gasteiger partial charge on any atom is -0.396 e. The zero-order valence-corrected chi connectivity index (χ0v) is 21.0. The van der Waals surface area contributed by atoms with Crippen LogP contribution in [0.3, 0.4) is 0 Å². The molecule has 1 aliphatic heterocycles. The van der Waals surface area contributed by atoms with Crippen molar-refractivity contribution in [1.82, 2.24) is 20.2 Å². The highest BCUT2D eigenvalue weighted by atomic mass is 32.1. The predicted molar refractivity (Wildman–Crippen MR) is 135 cm³/mol. The lowest BCUT2D eigenvalue weighted by Gasteiger charge is -2.38. The van der Waals surface area contributed by atoms with Crippen molar-refractivity contribution >= 4 is 23.9 Å². The van der Waals surface area contributed by atoms with Crippen LogP contribution in [-0.2, 0) is 4.79 Å². The van der Waals surface area contributed by atoms with E-state index in [1.54, 1.807) is 6.33 Å². The highest BCUT2D eigenvalue weighted by Gasteiger charge is 2.30. The summed E-state index contributed by atoms with van der Waals surface area (Å²) in [5.41, 5.74) is 3.22. The third kappa shape index (κ3) is 6.40. The fraction of sp³-hybridized carbons (Fsp3) is 0.560. The molecule has 0 spiro atoms. The number of rotatable bonds is 9. The SMILES string of the molecule is Cc1ccc(C(CNC(C)C)C(=O)N2CCN(c3[nH]cnc(=S)c3[C@H](C)CCO)CC2)cc1. The van der Waals surface area contributed by atoms with E-state index in [4.69, 9.17) is 12.2 Å². The van der Waals surface area contributed by atoms with E-state index in [0.29, 0.717) is 36.7 Å². The van der Waals surface area contributed by atoms with Crippen molar-refractivity contribution in [1.29, 1.82) is 0 Å². The lowest BCUT2D eigenvalue weighted by atomic mass is 9.95. The minimum absolute atomic E-state index is 0.107. The number of aliphatic hydroxyl groups excluding tert-OH is 1. The van der Waals surface area contributed by atoms with Gasteiger partial charge in [-0.15, -0.1) is 0 Å². The monoisotopic (exact) mass is 471 g/mol. The second-order valence-electron chi connectivity index (χ2n) is 9.22. The van der Waals surface area contributed by atoms with Crippen LogP contribution < -0.4 is 10.2 Å². The summed E-state index contributed by atoms with van der Waals surface area (Å²) in [5.74, 6) is 1.03. The van der Waals surface area contributed by atoms with E-state index in [9.17, 15) is 9.90 Å². The third-order valence-corrected chi connectivity index (χ3v) is 6.66. The normalized spacial score (nSPS) is 16.2. The van der Waals surface area contributed by atoms with Gasteiger partial charge in [-0.2, -0.15) is 0 Å². The standard InChI is InChI=1S/C25H37N5O2S/c1-17(2)26-15-21(20-7-5-18(3)6-8-20)25(32)30-12-10-29(11-13-30)23-22(19(4)9-14-31)24(33)28-16-27-23/h5-8,16-17,19,21,26,31H,9-15H2,1-4H3,(H,27,28,33)/t19-,21?/m1/s1. The van der Waals surface area contributed by atoms with E-state index in [2.05, 4.69) is 72.1 Å². The molecule has 0 radical (unpaired) electrons. The minimum atomic E-state index is -0.202. The summed E-state index contributed by atoms with van der Waals surface area (Å²) in [4.78, 5) is 25.3. The second-order valence-corrected chi connectivity index (χ2v) is 9.61. The summed E-state index contributed by atoms with van der Waals surface area (Å²) < 4.78 is 0.572. The Bertz CT molecular complexity index is 968. The van der Waals surface area contributed by atoms with Crippen LogP contribution in [0.4, 0.5) is 5.82 Å². The summed E-state index contributed by atoms with van der Waals surface area (Å²) in [6.45, 7) is 11.8. The van der Waals surface area contributed by atoms with Gasteiger partial charge in [-0.1, -0.05) is 62.8 Å². The third-order valence-electron chi connectivity index (χ3n) is 6.34. The van der Waals surface area contributed by atoms with Crippen molar-refractivity contribution in [2.45, 2.75) is 52.0 Å². The first-order valence-electron chi connectivity index (χ1n) is 11.8. The molecular formula is C25H37N5O2S. The first-order chi connectivity index (χ1) is 15.8. The number of benzene rings is 1. The molecular weight excluding hydrogens is 434 g/mol. The zero-order valence-electron chi connectivity index (χ0n) is 20.2. The molecule has 1 saturated heterocycles. The molecule has 180 valence electrons. The Morgan fingerprint density at radius 2 is 1.85 bits per heavy atom. The lowest BCUT2D eigenvalue weighted by Crippen LogP contribution is -2.51. The van der Waals surface area contributed by atoms with E-state index in [-0.39, 0.29) is 24.3 Å². The molecule has 1 aliphatic rings. The van der Waals surface area contributed by atoms with Crippen molar-refractivity contribution in [2.75, 3.05) is 44.2 Å². The molecule has 3 rings (SSSR count). The fourth-order valence-corrected chi connectivity index (χ4v) is 4.67. The second kappa shape index (κ2) is 11.7. The van der Waals surface area contributed by atoms with Crippen molar-refractivity contribution in [2.24, 2.45) is 0 Å². The molecule has 1 amide bonds. The number of nitrogens with one attached hydrogen (secondary N) is 2. The van der Waals surface area contributed by atoms with E-state index >= 15 is 0 Å². The molecule has 0 bridgehead atoms. The first kappa shape index (κ1) is 25.3. The number of carbonyl (C=O) groups excluding carboxylic acids is 1. The highest BCUT2D eigenvalue weighted by Crippen LogP contribution is 2.29. The van der Waals surface area contributed by atoms with Crippen LogP contribution in [0.15, 0.2) is 30.6 Å². The maximum absolute atomic E-state index is 13.6. The largest absolute Gasteiger partial charge is 0.396 e. The molecule has 8 heteroatoms. The zero-order chi connectivity index (χ0) is 24.0. The van der Waals surface area contributed by atoms with Crippen LogP contribution in [0.2, 0.25) is 0 Å². The Hall–Kier alpha value is -2.29. The molecule has 1 fully saturated rings. The Labute approximate surface area is 202 Å². The average Bonchev–Trinajstić information content (AvgIpc) is 2.80. The van der Waals surface area contributed by atoms with Gasteiger partial charge in [-0.05, 0) is 24.8 Å². The smallest absolute Gasteiger partial charge is 0.231 e. The predicted octanol–water partition coefficient (Wildman–Crippen LogP) is 3.36. The van der Waals surface area contributed by atoms with Crippen LogP contribution in [0.25, 0.3) is 0 Å². The fourth-order valence-electron chi connectivity index (χ4n) is 4.32. The van der Waals surface area contributed by atoms with E-state index in [1.165, 1.54) is 5.56 Å². The number of aromatic amines is 1. The Morgan fingerprint density at radius 1 is 1.18 bits per heavy atom. The first-order valence-corrected chi connectivity index (χ1v) is 12.2. The van der Waals surface area contributed by atoms with Gasteiger partial charge in [-0.3, -0.25) is 4.79 Å². The molecule has 0 saturated carbocycles. The number of H-pyrrole nitrogens is 1. The summed E-state index contributed by atoms with van der Waals surface area (Å²) in [6.07, 6.45) is 2.27. The number of amides is 1. The quantitative estimate of drug-likeness (QED) is 0.487. The molecule has 2 aromatic rings. The van der Waals surface area contributed by atoms with Crippen LogP contribution in [0, 0.1) is 11.6 Å². The summed E-state index contributed by atoms with van der Waals surface area (Å²) in [7, 11) is 0. The van der Waals surface area contributed by atoms with Crippen LogP contribution in [-0.4, -0.2) is 71.3 Å². The van der Waals surface area contributed by atoms with E-state index < -0.39 is 0 Å². The Kier molecular flexibility index (Phi) is 9.00. The van der Waals surface area contributed by atoms with Gasteiger partial charge in [0.2, 0.25) is 5.91 Å². The number of hydrogen-bond acceptors (Lipinski definition) is 6. The number of aliphatic hydroxyl groups is 1. The van der Waals surface area contributed by atoms with Crippen molar-refractivity contribution in [3.63, 3.8) is 0 Å². The maximum atomic E-state index is 13.6. The van der Waals surface area contributed by atoms with Gasteiger partial charge in [0, 0.05) is 50.9 Å². The number of nitrogens with zero attached hydrogens (tertiary/aromatic N) is 3. The Morgan fingerprint density at radius 3 is 2.45 bits per heavy atom. The van der Waals surface area contributed by atoms with Crippen LogP contribution in [0.1, 0.15) is 55.7 Å². The van der Waals surface area contributed by atoms with Gasteiger partial charge in [0.05, 0.1) is 12.2 Å². The summed E-state index contributed by atoms with van der Waals surface area (Å²) >= 11 is 5.50. The molecule has 1 aromatic carbocycles. The van der Waals surface area contributed by atoms with Crippen molar-refractivity contribution < 1.29 is 9.90 Å². The molecule has 3 N–H and O–H groups in total. The van der Waals surface area contributed by atoms with E-state index in [0.717, 1.165) is 30.0 Å². The number of hydrogen-bond donors (Lipinski definition) is 3. The molecule has 7 nitrogen and oxygen atoms in total. The molecule has 2 heterocycles. The lowest BCUT2D eigenvalue weighted by molar-refractivity contribution is -0.133. The molecule has 33 heavy (non-hydrogen) atoms. The summed E-state index contributed by atoms with van der Waals surface area (Å²) in [5, 5.41) is 12.8. The molecule has 0 aliphatic carbocycles.